The van der Waals surface area contributed by atoms with E-state index in [1.54, 1.807) is 11.5 Å². The Bertz CT molecular complexity index is 2340. The lowest BCUT2D eigenvalue weighted by molar-refractivity contribution is 0.325. The molecule has 0 radical (unpaired) electrons. The average molecular weight is 1050 g/mol. The zero-order valence-electron chi connectivity index (χ0n) is 52.4. The molecule has 0 aliphatic heterocycles. The molecule has 6 rings (SSSR count). The van der Waals surface area contributed by atoms with E-state index in [1.807, 2.05) is 29.9 Å². The van der Waals surface area contributed by atoms with Gasteiger partial charge in [-0.25, -0.2) is 24.6 Å². The molecular formula is C60H105N9O2S2. The first-order valence-corrected chi connectivity index (χ1v) is 28.6. The molecule has 13 heteroatoms. The van der Waals surface area contributed by atoms with Crippen molar-refractivity contribution >= 4 is 22.9 Å². The second kappa shape index (κ2) is 27.2. The number of imidazole rings is 1. The van der Waals surface area contributed by atoms with Crippen molar-refractivity contribution in [2.24, 2.45) is 0 Å². The summed E-state index contributed by atoms with van der Waals surface area (Å²) in [6.07, 6.45) is 5.86. The fourth-order valence-corrected chi connectivity index (χ4v) is 10.7. The fourth-order valence-electron chi connectivity index (χ4n) is 8.65. The summed E-state index contributed by atoms with van der Waals surface area (Å²) in [5.41, 5.74) is 10.6. The lowest BCUT2D eigenvalue weighted by Gasteiger charge is -2.24. The third-order valence-corrected chi connectivity index (χ3v) is 15.0. The number of nitrogens with zero attached hydrogens (tertiary/aromatic N) is 9. The Morgan fingerprint density at radius 3 is 1.23 bits per heavy atom. The molecule has 6 aromatic heterocycles. The molecule has 11 nitrogen and oxygen atoms in total. The molecule has 414 valence electrons. The van der Waals surface area contributed by atoms with Crippen LogP contribution in [-0.4, -0.2) is 43.8 Å². The van der Waals surface area contributed by atoms with Crippen molar-refractivity contribution < 1.29 is 8.94 Å². The molecule has 0 saturated carbocycles. The quantitative estimate of drug-likeness (QED) is 0.160. The molecule has 6 aromatic rings. The van der Waals surface area contributed by atoms with E-state index >= 15 is 0 Å². The topological polar surface area (TPSA) is 126 Å². The second-order valence-corrected chi connectivity index (χ2v) is 27.0. The van der Waals surface area contributed by atoms with E-state index in [2.05, 4.69) is 240 Å². The van der Waals surface area contributed by atoms with Crippen molar-refractivity contribution in [2.75, 3.05) is 0 Å². The van der Waals surface area contributed by atoms with Crippen LogP contribution >= 0.6 is 22.9 Å². The summed E-state index contributed by atoms with van der Waals surface area (Å²) in [4.78, 5) is 20.6. The average Bonchev–Trinajstić information content (AvgIpc) is 4.11. The molecule has 0 aliphatic rings. The second-order valence-electron chi connectivity index (χ2n) is 25.2. The Labute approximate surface area is 454 Å². The zero-order chi connectivity index (χ0) is 57.0. The van der Waals surface area contributed by atoms with Gasteiger partial charge in [-0.2, -0.15) is 9.47 Å². The van der Waals surface area contributed by atoms with Crippen LogP contribution in [0.4, 0.5) is 0 Å². The van der Waals surface area contributed by atoms with Gasteiger partial charge in [-0.15, -0.1) is 11.3 Å². The third kappa shape index (κ3) is 19.9. The van der Waals surface area contributed by atoms with Crippen LogP contribution in [0.5, 0.6) is 0 Å². The number of aryl methyl sites for hydroxylation is 10. The van der Waals surface area contributed by atoms with Gasteiger partial charge in [0.1, 0.15) is 23.2 Å². The van der Waals surface area contributed by atoms with Crippen molar-refractivity contribution in [3.63, 3.8) is 0 Å². The molecule has 0 saturated heterocycles. The summed E-state index contributed by atoms with van der Waals surface area (Å²) in [7, 11) is 0. The fraction of sp³-hybridized carbons (Fsp3) is 0.717. The van der Waals surface area contributed by atoms with E-state index in [-0.39, 0.29) is 32.7 Å². The van der Waals surface area contributed by atoms with Crippen molar-refractivity contribution in [3.05, 3.63) is 94.9 Å². The Morgan fingerprint density at radius 2 is 0.986 bits per heavy atom. The van der Waals surface area contributed by atoms with Gasteiger partial charge in [0.2, 0.25) is 0 Å². The molecule has 0 spiro atoms. The minimum Gasteiger partial charge on any atom is -0.445 e. The third-order valence-electron chi connectivity index (χ3n) is 11.9. The first-order chi connectivity index (χ1) is 33.1. The van der Waals surface area contributed by atoms with Crippen molar-refractivity contribution in [1.29, 1.82) is 0 Å². The predicted molar refractivity (Wildman–Crippen MR) is 314 cm³/mol. The summed E-state index contributed by atoms with van der Waals surface area (Å²) in [6, 6.07) is 0. The minimum absolute atomic E-state index is 0.0461. The Morgan fingerprint density at radius 1 is 0.466 bits per heavy atom. The van der Waals surface area contributed by atoms with Gasteiger partial charge >= 0.3 is 0 Å². The summed E-state index contributed by atoms with van der Waals surface area (Å²) < 4.78 is 19.6. The van der Waals surface area contributed by atoms with E-state index in [0.717, 1.165) is 84.8 Å². The summed E-state index contributed by atoms with van der Waals surface area (Å²) in [5, 5.41) is 9.69. The van der Waals surface area contributed by atoms with Gasteiger partial charge in [0.15, 0.2) is 11.7 Å². The Kier molecular flexibility index (Phi) is 25.0. The van der Waals surface area contributed by atoms with Gasteiger partial charge in [0, 0.05) is 50.2 Å². The minimum atomic E-state index is 0.0461. The number of thiazole rings is 1. The molecule has 0 aromatic carbocycles. The normalized spacial score (nSPS) is 12.1. The van der Waals surface area contributed by atoms with Crippen LogP contribution in [-0.2, 0) is 71.3 Å². The van der Waals surface area contributed by atoms with Crippen LogP contribution in [0.15, 0.2) is 8.94 Å². The van der Waals surface area contributed by atoms with Crippen LogP contribution in [0.3, 0.4) is 0 Å². The number of oxazole rings is 1. The SMILES string of the molecule is CCc1nc(C)c(C(C)(C)C)o1.CCc1nc(C)c(C(C)(C)C)s1.CCc1nc(C)n(C(C)(C)C)c1C.CCc1nc(C)n(C(C)(C)C)n1.CCc1noc(C(C)(C)C)c1C.CCc1nsc(C(C)(C)C)c1C. The van der Waals surface area contributed by atoms with Gasteiger partial charge in [-0.05, 0) is 144 Å². The van der Waals surface area contributed by atoms with Crippen LogP contribution in [0.25, 0.3) is 0 Å². The summed E-state index contributed by atoms with van der Waals surface area (Å²) in [6.45, 7) is 66.6. The molecule has 0 atom stereocenters. The summed E-state index contributed by atoms with van der Waals surface area (Å²) in [5.74, 6) is 5.93. The van der Waals surface area contributed by atoms with E-state index in [4.69, 9.17) is 8.94 Å². The van der Waals surface area contributed by atoms with Gasteiger partial charge in [-0.1, -0.05) is 130 Å². The van der Waals surface area contributed by atoms with E-state index < -0.39 is 0 Å². The van der Waals surface area contributed by atoms with Crippen LogP contribution in [0, 0.1) is 48.5 Å². The molecule has 0 fully saturated rings. The highest BCUT2D eigenvalue weighted by atomic mass is 32.1. The highest BCUT2D eigenvalue weighted by Gasteiger charge is 2.25. The maximum absolute atomic E-state index is 5.62. The number of aromatic nitrogens is 9. The molecule has 0 bridgehead atoms. The first-order valence-electron chi connectivity index (χ1n) is 27.0. The van der Waals surface area contributed by atoms with Gasteiger partial charge in [0.05, 0.1) is 39.0 Å². The molecular weight excluding hydrogens is 943 g/mol. The van der Waals surface area contributed by atoms with Crippen molar-refractivity contribution in [3.8, 4) is 0 Å². The first kappa shape index (κ1) is 67.0. The van der Waals surface area contributed by atoms with Crippen LogP contribution in [0.2, 0.25) is 0 Å². The number of rotatable bonds is 6. The highest BCUT2D eigenvalue weighted by Crippen LogP contribution is 2.33. The maximum Gasteiger partial charge on any atom is 0.194 e. The van der Waals surface area contributed by atoms with Crippen molar-refractivity contribution in [2.45, 2.75) is 286 Å². The van der Waals surface area contributed by atoms with E-state index in [1.165, 1.54) is 48.7 Å². The van der Waals surface area contributed by atoms with Crippen LogP contribution < -0.4 is 0 Å². The van der Waals surface area contributed by atoms with E-state index in [9.17, 15) is 0 Å². The van der Waals surface area contributed by atoms with Gasteiger partial charge in [0.25, 0.3) is 0 Å². The molecule has 0 amide bonds. The van der Waals surface area contributed by atoms with Crippen LogP contribution in [0.1, 0.15) is 261 Å². The molecule has 0 aliphatic carbocycles. The smallest absolute Gasteiger partial charge is 0.194 e. The lowest BCUT2D eigenvalue weighted by Crippen LogP contribution is -2.24. The van der Waals surface area contributed by atoms with E-state index in [0.29, 0.717) is 0 Å². The largest absolute Gasteiger partial charge is 0.445 e. The number of hydrogen-bond donors (Lipinski definition) is 0. The molecule has 0 N–H and O–H groups in total. The molecule has 6 heterocycles. The zero-order valence-corrected chi connectivity index (χ0v) is 54.0. The summed E-state index contributed by atoms with van der Waals surface area (Å²) >= 11 is 3.51. The Hall–Kier alpha value is -3.97. The molecule has 0 unspecified atom stereocenters. The highest BCUT2D eigenvalue weighted by molar-refractivity contribution is 7.11. The van der Waals surface area contributed by atoms with Gasteiger partial charge in [-0.3, -0.25) is 0 Å². The Balaban J connectivity index is 0.000000438. The number of hydrogen-bond acceptors (Lipinski definition) is 11. The van der Waals surface area contributed by atoms with Crippen molar-refractivity contribution in [1.82, 2.24) is 43.8 Å². The maximum atomic E-state index is 5.62. The lowest BCUT2D eigenvalue weighted by atomic mass is 9.90. The molecule has 73 heavy (non-hydrogen) atoms. The predicted octanol–water partition coefficient (Wildman–Crippen LogP) is 17.0. The van der Waals surface area contributed by atoms with Gasteiger partial charge < -0.3 is 13.5 Å². The monoisotopic (exact) mass is 1050 g/mol. The standard InChI is InChI=1S/C11H20N2.2C10H17NO.2C10H17NS.C9H17N3/c1-7-10-8(2)13(9(3)12-10)11(4,5)6;1-6-8-11-7(2)9(12-8)10(3,4)5;1-6-8-7(2)9(12-11-8)10(3,4)5;1-6-8-11-7(2)9(12-8)10(3,4)5;1-6-8-7(2)9(12-11-8)10(3,4)5;1-6-8-10-7(2)12(11-8)9(3,4)5/h7H2,1-6H3;5*6H2,1-5H3.